The van der Waals surface area contributed by atoms with E-state index in [1.54, 1.807) is 29.2 Å². The van der Waals surface area contributed by atoms with Crippen LogP contribution in [-0.2, 0) is 11.3 Å². The van der Waals surface area contributed by atoms with E-state index >= 15 is 0 Å². The van der Waals surface area contributed by atoms with Gasteiger partial charge in [0, 0.05) is 29.6 Å². The lowest BCUT2D eigenvalue weighted by Crippen LogP contribution is -2.21. The summed E-state index contributed by atoms with van der Waals surface area (Å²) in [5, 5.41) is 7.49. The largest absolute Gasteiger partial charge is 0.375 e. The molecule has 24 heavy (non-hydrogen) atoms. The number of rotatable bonds is 2. The smallest absolute Gasteiger partial charge is 0.221 e. The van der Waals surface area contributed by atoms with E-state index in [1.165, 1.54) is 23.5 Å². The highest BCUT2D eigenvalue weighted by Gasteiger charge is 2.30. The van der Waals surface area contributed by atoms with Crippen LogP contribution < -0.4 is 11.1 Å². The van der Waals surface area contributed by atoms with Gasteiger partial charge in [0.25, 0.3) is 0 Å². The number of thiazole rings is 1. The summed E-state index contributed by atoms with van der Waals surface area (Å²) in [5.74, 6) is -0.767. The predicted molar refractivity (Wildman–Crippen MR) is 88.4 cm³/mol. The summed E-state index contributed by atoms with van der Waals surface area (Å²) < 4.78 is 15.6. The number of nitrogens with two attached hydrogens (primary N) is 1. The third kappa shape index (κ3) is 2.54. The van der Waals surface area contributed by atoms with Crippen molar-refractivity contribution in [3.05, 3.63) is 58.6 Å². The van der Waals surface area contributed by atoms with Gasteiger partial charge in [0.2, 0.25) is 5.91 Å². The zero-order chi connectivity index (χ0) is 16.7. The summed E-state index contributed by atoms with van der Waals surface area (Å²) in [4.78, 5) is 17.3. The second-order valence-corrected chi connectivity index (χ2v) is 6.61. The van der Waals surface area contributed by atoms with Crippen molar-refractivity contribution in [2.75, 3.05) is 5.73 Å². The lowest BCUT2D eigenvalue weighted by atomic mass is 9.92. The van der Waals surface area contributed by atoms with Crippen molar-refractivity contribution < 1.29 is 9.18 Å². The topological polar surface area (TPSA) is 85.8 Å². The van der Waals surface area contributed by atoms with Gasteiger partial charge in [-0.1, -0.05) is 0 Å². The number of aromatic nitrogens is 3. The second-order valence-electron chi connectivity index (χ2n) is 5.55. The van der Waals surface area contributed by atoms with Crippen LogP contribution in [0.4, 0.5) is 9.52 Å². The van der Waals surface area contributed by atoms with Crippen molar-refractivity contribution in [1.29, 1.82) is 0 Å². The minimum atomic E-state index is -0.357. The lowest BCUT2D eigenvalue weighted by molar-refractivity contribution is -0.121. The maximum atomic E-state index is 14.0. The molecule has 0 saturated carbocycles. The van der Waals surface area contributed by atoms with Gasteiger partial charge in [0.1, 0.15) is 5.82 Å². The molecule has 8 heteroatoms. The van der Waals surface area contributed by atoms with Crippen molar-refractivity contribution in [2.24, 2.45) is 0 Å². The summed E-state index contributed by atoms with van der Waals surface area (Å²) in [6.45, 7) is 0.338. The number of nitrogen functional groups attached to an aromatic ring is 1. The molecule has 0 saturated heterocycles. The van der Waals surface area contributed by atoms with Gasteiger partial charge in [-0.3, -0.25) is 4.79 Å². The van der Waals surface area contributed by atoms with Gasteiger partial charge < -0.3 is 11.1 Å². The quantitative estimate of drug-likeness (QED) is 0.747. The molecule has 1 atom stereocenters. The van der Waals surface area contributed by atoms with Crippen molar-refractivity contribution >= 4 is 22.4 Å². The highest BCUT2D eigenvalue weighted by atomic mass is 32.1. The van der Waals surface area contributed by atoms with Gasteiger partial charge >= 0.3 is 0 Å². The van der Waals surface area contributed by atoms with Gasteiger partial charge in [-0.15, -0.1) is 11.3 Å². The first-order valence-electron chi connectivity index (χ1n) is 7.43. The molecule has 2 aromatic heterocycles. The van der Waals surface area contributed by atoms with Gasteiger partial charge in [0.05, 0.1) is 17.9 Å². The lowest BCUT2D eigenvalue weighted by Gasteiger charge is -2.18. The van der Waals surface area contributed by atoms with Crippen LogP contribution in [0, 0.1) is 5.82 Å². The van der Waals surface area contributed by atoms with Crippen molar-refractivity contribution in [1.82, 2.24) is 20.1 Å². The molecule has 0 spiro atoms. The molecule has 0 radical (unpaired) electrons. The van der Waals surface area contributed by atoms with Gasteiger partial charge in [-0.2, -0.15) is 5.10 Å². The van der Waals surface area contributed by atoms with Crippen molar-refractivity contribution in [3.8, 4) is 5.69 Å². The highest BCUT2D eigenvalue weighted by molar-refractivity contribution is 7.15. The Hall–Kier alpha value is -2.74. The zero-order valence-corrected chi connectivity index (χ0v) is 13.4. The average Bonchev–Trinajstić information content (AvgIpc) is 3.17. The zero-order valence-electron chi connectivity index (χ0n) is 12.6. The van der Waals surface area contributed by atoms with Crippen LogP contribution in [0.25, 0.3) is 5.69 Å². The first-order valence-corrected chi connectivity index (χ1v) is 8.24. The summed E-state index contributed by atoms with van der Waals surface area (Å²) in [5.41, 5.74) is 8.02. The molecule has 3 heterocycles. The van der Waals surface area contributed by atoms with Crippen molar-refractivity contribution in [3.63, 3.8) is 0 Å². The maximum absolute atomic E-state index is 14.0. The van der Waals surface area contributed by atoms with E-state index in [4.69, 9.17) is 5.73 Å². The van der Waals surface area contributed by atoms with Gasteiger partial charge in [-0.25, -0.2) is 14.1 Å². The molecule has 4 rings (SSSR count). The van der Waals surface area contributed by atoms with Crippen LogP contribution in [-0.4, -0.2) is 20.7 Å². The van der Waals surface area contributed by atoms with Crippen LogP contribution in [0.5, 0.6) is 0 Å². The number of carbonyl (C=O) groups is 1. The molecule has 0 bridgehead atoms. The van der Waals surface area contributed by atoms with E-state index in [0.717, 1.165) is 16.3 Å². The van der Waals surface area contributed by atoms with Gasteiger partial charge in [-0.05, 0) is 29.8 Å². The number of anilines is 1. The monoisotopic (exact) mass is 343 g/mol. The Bertz CT molecular complexity index is 905. The predicted octanol–water partition coefficient (Wildman–Crippen LogP) is 2.20. The number of benzene rings is 1. The number of carbonyl (C=O) groups excluding carboxylic acids is 1. The summed E-state index contributed by atoms with van der Waals surface area (Å²) >= 11 is 1.34. The van der Waals surface area contributed by atoms with Crippen LogP contribution in [0.15, 0.2) is 36.7 Å². The third-order valence-corrected chi connectivity index (χ3v) is 5.06. The Balaban J connectivity index is 1.91. The molecule has 0 fully saturated rings. The number of fused-ring (bicyclic) bond motifs is 1. The fourth-order valence-corrected chi connectivity index (χ4v) is 3.96. The van der Waals surface area contributed by atoms with E-state index in [9.17, 15) is 9.18 Å². The highest BCUT2D eigenvalue weighted by Crippen LogP contribution is 2.39. The Morgan fingerprint density at radius 1 is 1.42 bits per heavy atom. The third-order valence-electron chi connectivity index (χ3n) is 4.02. The number of hydrogen-bond donors (Lipinski definition) is 2. The number of amides is 1. The molecule has 0 aliphatic carbocycles. The van der Waals surface area contributed by atoms with Crippen LogP contribution >= 0.6 is 11.3 Å². The standard InChI is InChI=1S/C16H14FN5OS/c17-9-2-3-13(22-5-1-4-20-22)10(6-9)11-7-14(23)19-8-12-15(11)24-16(18)21-12/h1-6,11H,7-8H2,(H2,18,21)(H,19,23)/t11-/m0/s1. The maximum Gasteiger partial charge on any atom is 0.221 e. The molecule has 3 N–H and O–H groups in total. The molecule has 1 aliphatic rings. The number of nitrogens with zero attached hydrogens (tertiary/aromatic N) is 3. The van der Waals surface area contributed by atoms with Crippen molar-refractivity contribution in [2.45, 2.75) is 18.9 Å². The van der Waals surface area contributed by atoms with E-state index in [-0.39, 0.29) is 24.1 Å². The molecule has 6 nitrogen and oxygen atoms in total. The first kappa shape index (κ1) is 14.8. The fraction of sp³-hybridized carbons (Fsp3) is 0.188. The summed E-state index contributed by atoms with van der Waals surface area (Å²) in [7, 11) is 0. The summed E-state index contributed by atoms with van der Waals surface area (Å²) in [6, 6.07) is 6.31. The molecular weight excluding hydrogens is 329 g/mol. The van der Waals surface area contributed by atoms with E-state index in [1.807, 2.05) is 0 Å². The number of hydrogen-bond acceptors (Lipinski definition) is 5. The fourth-order valence-electron chi connectivity index (χ4n) is 2.99. The minimum absolute atomic E-state index is 0.0977. The molecular formula is C16H14FN5OS. The van der Waals surface area contributed by atoms with Crippen LogP contribution in [0.3, 0.4) is 0 Å². The molecule has 0 unspecified atom stereocenters. The number of nitrogens with one attached hydrogen (secondary N) is 1. The molecule has 1 aliphatic heterocycles. The van der Waals surface area contributed by atoms with Gasteiger partial charge in [0.15, 0.2) is 5.13 Å². The minimum Gasteiger partial charge on any atom is -0.375 e. The average molecular weight is 343 g/mol. The van der Waals surface area contributed by atoms with Crippen LogP contribution in [0.1, 0.15) is 28.5 Å². The summed E-state index contributed by atoms with van der Waals surface area (Å²) in [6.07, 6.45) is 3.66. The Labute approximate surface area is 141 Å². The molecule has 1 aromatic carbocycles. The second kappa shape index (κ2) is 5.72. The normalized spacial score (nSPS) is 17.2. The SMILES string of the molecule is Nc1nc2c(s1)[C@H](c1cc(F)ccc1-n1cccn1)CC(=O)NC2. The van der Waals surface area contributed by atoms with E-state index in [0.29, 0.717) is 17.2 Å². The Kier molecular flexibility index (Phi) is 3.53. The first-order chi connectivity index (χ1) is 11.6. The number of halogens is 1. The Morgan fingerprint density at radius 3 is 3.08 bits per heavy atom. The van der Waals surface area contributed by atoms with E-state index in [2.05, 4.69) is 15.4 Å². The Morgan fingerprint density at radius 2 is 2.29 bits per heavy atom. The molecule has 122 valence electrons. The molecule has 3 aromatic rings. The molecule has 1 amide bonds. The van der Waals surface area contributed by atoms with Crippen LogP contribution in [0.2, 0.25) is 0 Å². The van der Waals surface area contributed by atoms with E-state index < -0.39 is 0 Å².